The summed E-state index contributed by atoms with van der Waals surface area (Å²) in [5, 5.41) is 9.18. The molecule has 1 atom stereocenters. The molecule has 3 rings (SSSR count). The highest BCUT2D eigenvalue weighted by atomic mass is 16.5. The topological polar surface area (TPSA) is 66.8 Å². The lowest BCUT2D eigenvalue weighted by Crippen LogP contribution is -2.44. The van der Waals surface area contributed by atoms with E-state index in [-0.39, 0.29) is 11.5 Å². The van der Waals surface area contributed by atoms with Crippen LogP contribution in [0.1, 0.15) is 40.4 Å². The number of carbonyl (C=O) groups excluding carboxylic acids is 1. The van der Waals surface area contributed by atoms with Crippen molar-refractivity contribution in [3.63, 3.8) is 0 Å². The Morgan fingerprint density at radius 1 is 1.19 bits per heavy atom. The molecule has 136 valence electrons. The van der Waals surface area contributed by atoms with E-state index in [1.54, 1.807) is 17.0 Å². The molecule has 26 heavy (non-hydrogen) atoms. The van der Waals surface area contributed by atoms with Gasteiger partial charge in [0.05, 0.1) is 5.56 Å². The van der Waals surface area contributed by atoms with Crippen molar-refractivity contribution in [2.24, 2.45) is 0 Å². The van der Waals surface area contributed by atoms with Crippen LogP contribution in [0.15, 0.2) is 42.5 Å². The number of amides is 1. The third-order valence-electron chi connectivity index (χ3n) is 4.79. The van der Waals surface area contributed by atoms with Crippen molar-refractivity contribution < 1.29 is 19.4 Å². The largest absolute Gasteiger partial charge is 0.480 e. The van der Waals surface area contributed by atoms with E-state index in [4.69, 9.17) is 4.74 Å². The van der Waals surface area contributed by atoms with Crippen LogP contribution in [0.2, 0.25) is 0 Å². The van der Waals surface area contributed by atoms with E-state index in [1.807, 2.05) is 44.2 Å². The monoisotopic (exact) mass is 353 g/mol. The Bertz CT molecular complexity index is 831. The van der Waals surface area contributed by atoms with E-state index in [2.05, 4.69) is 0 Å². The van der Waals surface area contributed by atoms with E-state index < -0.39 is 12.1 Å². The molecular formula is C21H23NO4. The predicted molar refractivity (Wildman–Crippen MR) is 98.4 cm³/mol. The first kappa shape index (κ1) is 18.0. The SMILES string of the molecule is CCC(Oc1ccccc1C)C(=O)N1CCc2ccc(C(=O)O)cc2C1. The summed E-state index contributed by atoms with van der Waals surface area (Å²) in [5.74, 6) is -0.286. The Labute approximate surface area is 153 Å². The Hall–Kier alpha value is -2.82. The van der Waals surface area contributed by atoms with Crippen LogP contribution in [0, 0.1) is 6.92 Å². The van der Waals surface area contributed by atoms with Gasteiger partial charge in [-0.1, -0.05) is 31.2 Å². The molecule has 5 nitrogen and oxygen atoms in total. The van der Waals surface area contributed by atoms with Crippen LogP contribution in [0.3, 0.4) is 0 Å². The van der Waals surface area contributed by atoms with Crippen molar-refractivity contribution in [3.8, 4) is 5.75 Å². The number of hydrogen-bond donors (Lipinski definition) is 1. The Morgan fingerprint density at radius 3 is 2.65 bits per heavy atom. The van der Waals surface area contributed by atoms with Crippen LogP contribution in [0.5, 0.6) is 5.75 Å². The Morgan fingerprint density at radius 2 is 1.96 bits per heavy atom. The number of rotatable bonds is 5. The van der Waals surface area contributed by atoms with Gasteiger partial charge in [-0.15, -0.1) is 0 Å². The maximum Gasteiger partial charge on any atom is 0.335 e. The zero-order chi connectivity index (χ0) is 18.7. The molecule has 2 aromatic carbocycles. The molecule has 2 aromatic rings. The fourth-order valence-electron chi connectivity index (χ4n) is 3.23. The molecule has 5 heteroatoms. The minimum Gasteiger partial charge on any atom is -0.480 e. The number of fused-ring (bicyclic) bond motifs is 1. The number of aryl methyl sites for hydroxylation is 1. The van der Waals surface area contributed by atoms with E-state index in [0.29, 0.717) is 19.5 Å². The molecule has 1 amide bonds. The second-order valence-electron chi connectivity index (χ2n) is 6.58. The minimum atomic E-state index is -0.953. The van der Waals surface area contributed by atoms with Crippen LogP contribution in [0.25, 0.3) is 0 Å². The van der Waals surface area contributed by atoms with Crippen molar-refractivity contribution in [2.45, 2.75) is 39.3 Å². The fraction of sp³-hybridized carbons (Fsp3) is 0.333. The summed E-state index contributed by atoms with van der Waals surface area (Å²) in [4.78, 5) is 25.9. The smallest absolute Gasteiger partial charge is 0.335 e. The van der Waals surface area contributed by atoms with Gasteiger partial charge in [-0.2, -0.15) is 0 Å². The number of ether oxygens (including phenoxy) is 1. The van der Waals surface area contributed by atoms with Gasteiger partial charge < -0.3 is 14.7 Å². The van der Waals surface area contributed by atoms with Crippen LogP contribution < -0.4 is 4.74 Å². The standard InChI is InChI=1S/C21H23NO4/c1-3-18(26-19-7-5-4-6-14(19)2)20(23)22-11-10-15-8-9-16(21(24)25)12-17(15)13-22/h4-9,12,18H,3,10-11,13H2,1-2H3,(H,24,25). The first-order chi connectivity index (χ1) is 12.5. The molecular weight excluding hydrogens is 330 g/mol. The van der Waals surface area contributed by atoms with Gasteiger partial charge >= 0.3 is 5.97 Å². The molecule has 0 fully saturated rings. The number of carboxylic acid groups (broad SMARTS) is 1. The molecule has 0 saturated carbocycles. The second-order valence-corrected chi connectivity index (χ2v) is 6.58. The van der Waals surface area contributed by atoms with E-state index in [0.717, 1.165) is 28.9 Å². The Kier molecular flexibility index (Phi) is 5.26. The summed E-state index contributed by atoms with van der Waals surface area (Å²) in [5.41, 5.74) is 3.25. The molecule has 1 N–H and O–H groups in total. The molecule has 0 bridgehead atoms. The lowest BCUT2D eigenvalue weighted by atomic mass is 9.97. The average molecular weight is 353 g/mol. The molecule has 0 radical (unpaired) electrons. The summed E-state index contributed by atoms with van der Waals surface area (Å²) in [6.07, 6.45) is 0.758. The molecule has 1 aliphatic heterocycles. The molecule has 0 aliphatic carbocycles. The normalized spacial score (nSPS) is 14.5. The number of benzene rings is 2. The quantitative estimate of drug-likeness (QED) is 0.894. The van der Waals surface area contributed by atoms with Gasteiger partial charge in [-0.25, -0.2) is 4.79 Å². The average Bonchev–Trinajstić information content (AvgIpc) is 2.66. The van der Waals surface area contributed by atoms with Crippen LogP contribution >= 0.6 is 0 Å². The van der Waals surface area contributed by atoms with Crippen molar-refractivity contribution >= 4 is 11.9 Å². The van der Waals surface area contributed by atoms with Gasteiger partial charge in [0.15, 0.2) is 6.10 Å². The van der Waals surface area contributed by atoms with Crippen LogP contribution in [-0.2, 0) is 17.8 Å². The predicted octanol–water partition coefficient (Wildman–Crippen LogP) is 3.44. The summed E-state index contributed by atoms with van der Waals surface area (Å²) in [6.45, 7) is 4.92. The lowest BCUT2D eigenvalue weighted by Gasteiger charge is -2.32. The third-order valence-corrected chi connectivity index (χ3v) is 4.79. The van der Waals surface area contributed by atoms with E-state index >= 15 is 0 Å². The second kappa shape index (κ2) is 7.60. The van der Waals surface area contributed by atoms with Gasteiger partial charge in [-0.3, -0.25) is 4.79 Å². The highest BCUT2D eigenvalue weighted by Gasteiger charge is 2.28. The number of hydrogen-bond acceptors (Lipinski definition) is 3. The number of para-hydroxylation sites is 1. The highest BCUT2D eigenvalue weighted by Crippen LogP contribution is 2.24. The molecule has 0 aromatic heterocycles. The lowest BCUT2D eigenvalue weighted by molar-refractivity contribution is -0.139. The van der Waals surface area contributed by atoms with Gasteiger partial charge in [0.1, 0.15) is 5.75 Å². The zero-order valence-electron chi connectivity index (χ0n) is 15.1. The summed E-state index contributed by atoms with van der Waals surface area (Å²) < 4.78 is 5.97. The van der Waals surface area contributed by atoms with Crippen molar-refractivity contribution in [1.29, 1.82) is 0 Å². The molecule has 1 aliphatic rings. The molecule has 1 unspecified atom stereocenters. The summed E-state index contributed by atoms with van der Waals surface area (Å²) >= 11 is 0. The fourth-order valence-corrected chi connectivity index (χ4v) is 3.23. The summed E-state index contributed by atoms with van der Waals surface area (Å²) in [6, 6.07) is 12.8. The molecule has 1 heterocycles. The van der Waals surface area contributed by atoms with Crippen LogP contribution in [0.4, 0.5) is 0 Å². The van der Waals surface area contributed by atoms with E-state index in [1.165, 1.54) is 0 Å². The third kappa shape index (κ3) is 3.72. The number of carboxylic acids is 1. The molecule has 0 spiro atoms. The number of aromatic carboxylic acids is 1. The van der Waals surface area contributed by atoms with Gasteiger partial charge in [0.2, 0.25) is 0 Å². The summed E-state index contributed by atoms with van der Waals surface area (Å²) in [7, 11) is 0. The van der Waals surface area contributed by atoms with Gasteiger partial charge in [0.25, 0.3) is 5.91 Å². The Balaban J connectivity index is 1.76. The highest BCUT2D eigenvalue weighted by molar-refractivity contribution is 5.88. The number of nitrogens with zero attached hydrogens (tertiary/aromatic N) is 1. The zero-order valence-corrected chi connectivity index (χ0v) is 15.1. The maximum absolute atomic E-state index is 13.0. The minimum absolute atomic E-state index is 0.0536. The van der Waals surface area contributed by atoms with Crippen molar-refractivity contribution in [3.05, 3.63) is 64.7 Å². The van der Waals surface area contributed by atoms with E-state index in [9.17, 15) is 14.7 Å². The van der Waals surface area contributed by atoms with Crippen LogP contribution in [-0.4, -0.2) is 34.5 Å². The first-order valence-corrected chi connectivity index (χ1v) is 8.85. The molecule has 0 saturated heterocycles. The van der Waals surface area contributed by atoms with Crippen molar-refractivity contribution in [2.75, 3.05) is 6.54 Å². The maximum atomic E-state index is 13.0. The number of carbonyl (C=O) groups is 2. The first-order valence-electron chi connectivity index (χ1n) is 8.85. The van der Waals surface area contributed by atoms with Gasteiger partial charge in [0, 0.05) is 13.1 Å². The van der Waals surface area contributed by atoms with Gasteiger partial charge in [-0.05, 0) is 54.7 Å². The van der Waals surface area contributed by atoms with Crippen molar-refractivity contribution in [1.82, 2.24) is 4.90 Å².